The zero-order valence-corrected chi connectivity index (χ0v) is 17.8. The molecule has 3 atom stereocenters. The first-order chi connectivity index (χ1) is 14.5. The van der Waals surface area contributed by atoms with Crippen LogP contribution in [0.15, 0.2) is 29.2 Å². The van der Waals surface area contributed by atoms with E-state index in [0.29, 0.717) is 32.4 Å². The fourth-order valence-corrected chi connectivity index (χ4v) is 4.40. The van der Waals surface area contributed by atoms with Crippen molar-refractivity contribution in [2.24, 2.45) is 0 Å². The third-order valence-corrected chi connectivity index (χ3v) is 6.10. The maximum atomic E-state index is 12.4. The third kappa shape index (κ3) is 5.68. The van der Waals surface area contributed by atoms with E-state index in [0.717, 1.165) is 10.6 Å². The number of amides is 4. The van der Waals surface area contributed by atoms with Crippen LogP contribution in [-0.4, -0.2) is 66.8 Å². The number of nitrogens with one attached hydrogen (secondary N) is 4. The number of carbonyl (C=O) groups is 3. The summed E-state index contributed by atoms with van der Waals surface area (Å²) >= 11 is 1.61. The van der Waals surface area contributed by atoms with Gasteiger partial charge in [-0.3, -0.25) is 14.5 Å². The van der Waals surface area contributed by atoms with Crippen LogP contribution in [0, 0.1) is 12.3 Å². The normalized spacial score (nSPS) is 23.1. The Morgan fingerprint density at radius 2 is 2.23 bits per heavy atom. The summed E-state index contributed by atoms with van der Waals surface area (Å²) in [5, 5.41) is 11.4. The number of urea groups is 1. The molecule has 0 aliphatic carbocycles. The van der Waals surface area contributed by atoms with Crippen molar-refractivity contribution in [3.8, 4) is 12.3 Å². The van der Waals surface area contributed by atoms with Crippen molar-refractivity contribution in [1.82, 2.24) is 20.9 Å². The van der Waals surface area contributed by atoms with Crippen molar-refractivity contribution in [1.29, 1.82) is 0 Å². The Labute approximate surface area is 180 Å². The predicted molar refractivity (Wildman–Crippen MR) is 117 cm³/mol. The minimum Gasteiger partial charge on any atom is -0.353 e. The maximum absolute atomic E-state index is 12.4. The number of carbonyl (C=O) groups excluding carboxylic acids is 3. The number of nitrogens with zero attached hydrogens (tertiary/aromatic N) is 1. The molecule has 4 amide bonds. The molecule has 0 bridgehead atoms. The maximum Gasteiger partial charge on any atom is 0.319 e. The quantitative estimate of drug-likeness (QED) is 0.383. The van der Waals surface area contributed by atoms with Crippen molar-refractivity contribution in [2.75, 3.05) is 31.2 Å². The van der Waals surface area contributed by atoms with Crippen LogP contribution in [0.5, 0.6) is 0 Å². The van der Waals surface area contributed by atoms with E-state index in [1.54, 1.807) is 11.8 Å². The fraction of sp³-hybridized carbons (Fsp3) is 0.476. The van der Waals surface area contributed by atoms with Crippen molar-refractivity contribution in [3.05, 3.63) is 24.3 Å². The predicted octanol–water partition coefficient (Wildman–Crippen LogP) is 1.00. The van der Waals surface area contributed by atoms with Gasteiger partial charge in [0.2, 0.25) is 11.8 Å². The fourth-order valence-electron chi connectivity index (χ4n) is 3.94. The highest BCUT2D eigenvalue weighted by Crippen LogP contribution is 2.26. The summed E-state index contributed by atoms with van der Waals surface area (Å²) in [6.45, 7) is 1.29. The molecule has 2 saturated heterocycles. The van der Waals surface area contributed by atoms with Gasteiger partial charge in [-0.25, -0.2) is 4.79 Å². The molecule has 1 aromatic rings. The second-order valence-electron chi connectivity index (χ2n) is 7.39. The first kappa shape index (κ1) is 22.0. The summed E-state index contributed by atoms with van der Waals surface area (Å²) in [6.07, 6.45) is 8.65. The second-order valence-corrected chi connectivity index (χ2v) is 8.27. The molecular formula is C21H27N5O3S. The van der Waals surface area contributed by atoms with Crippen LogP contribution in [0.3, 0.4) is 0 Å². The molecule has 2 aliphatic heterocycles. The standard InChI is InChI=1S/C21H27N5O3S/c1-3-9-22-19(27)8-7-16-12-23-20(28)18-11-15(13-26(16)18)25-21(29)24-14-5-4-6-17(10-14)30-2/h1,4-6,10,15-16,18H,7-9,11-13H2,2H3,(H,22,27)(H,23,28)(H2,24,25,29)/t15-,16-,18+/m1/s1. The second kappa shape index (κ2) is 10.4. The van der Waals surface area contributed by atoms with Gasteiger partial charge in [-0.15, -0.1) is 18.2 Å². The van der Waals surface area contributed by atoms with Gasteiger partial charge in [0.1, 0.15) is 0 Å². The molecule has 2 heterocycles. The molecule has 3 rings (SSSR count). The topological polar surface area (TPSA) is 103 Å². The Bertz CT molecular complexity index is 840. The highest BCUT2D eigenvalue weighted by atomic mass is 32.2. The Hall–Kier alpha value is -2.70. The number of fused-ring (bicyclic) bond motifs is 1. The number of piperazine rings is 1. The monoisotopic (exact) mass is 429 g/mol. The van der Waals surface area contributed by atoms with Crippen molar-refractivity contribution < 1.29 is 14.4 Å². The Morgan fingerprint density at radius 3 is 3.00 bits per heavy atom. The van der Waals surface area contributed by atoms with Gasteiger partial charge in [-0.05, 0) is 37.3 Å². The lowest BCUT2D eigenvalue weighted by atomic mass is 10.0. The lowest BCUT2D eigenvalue weighted by molar-refractivity contribution is -0.129. The number of thioether (sulfide) groups is 1. The number of rotatable bonds is 7. The summed E-state index contributed by atoms with van der Waals surface area (Å²) in [7, 11) is 0. The zero-order valence-electron chi connectivity index (χ0n) is 16.9. The van der Waals surface area contributed by atoms with Crippen LogP contribution in [0.2, 0.25) is 0 Å². The van der Waals surface area contributed by atoms with Gasteiger partial charge in [-0.1, -0.05) is 12.0 Å². The summed E-state index contributed by atoms with van der Waals surface area (Å²) in [6, 6.07) is 6.97. The summed E-state index contributed by atoms with van der Waals surface area (Å²) in [5.74, 6) is 2.26. The van der Waals surface area contributed by atoms with Crippen LogP contribution in [0.4, 0.5) is 10.5 Å². The zero-order chi connectivity index (χ0) is 21.5. The molecule has 1 aromatic carbocycles. The smallest absolute Gasteiger partial charge is 0.319 e. The van der Waals surface area contributed by atoms with E-state index in [1.165, 1.54) is 0 Å². The lowest BCUT2D eigenvalue weighted by Gasteiger charge is -2.37. The minimum absolute atomic E-state index is 0.0274. The number of benzene rings is 1. The van der Waals surface area contributed by atoms with Gasteiger partial charge in [0.15, 0.2) is 0 Å². The highest BCUT2D eigenvalue weighted by Gasteiger charge is 2.43. The largest absolute Gasteiger partial charge is 0.353 e. The number of anilines is 1. The van der Waals surface area contributed by atoms with Crippen LogP contribution >= 0.6 is 11.8 Å². The van der Waals surface area contributed by atoms with Gasteiger partial charge in [-0.2, -0.15) is 0 Å². The van der Waals surface area contributed by atoms with Crippen LogP contribution < -0.4 is 21.3 Å². The van der Waals surface area contributed by atoms with E-state index in [4.69, 9.17) is 6.42 Å². The van der Waals surface area contributed by atoms with E-state index in [1.807, 2.05) is 30.5 Å². The minimum atomic E-state index is -0.289. The Kier molecular flexibility index (Phi) is 7.60. The van der Waals surface area contributed by atoms with Crippen LogP contribution in [-0.2, 0) is 9.59 Å². The molecule has 0 spiro atoms. The van der Waals surface area contributed by atoms with Gasteiger partial charge in [0.25, 0.3) is 0 Å². The van der Waals surface area contributed by atoms with Crippen molar-refractivity contribution in [2.45, 2.75) is 42.3 Å². The average molecular weight is 430 g/mol. The third-order valence-electron chi connectivity index (χ3n) is 5.38. The molecule has 9 heteroatoms. The molecule has 0 saturated carbocycles. The lowest BCUT2D eigenvalue weighted by Crippen LogP contribution is -2.58. The van der Waals surface area contributed by atoms with Crippen molar-refractivity contribution >= 4 is 35.3 Å². The SMILES string of the molecule is C#CCNC(=O)CC[C@@H]1CNC(=O)[C@@H]2C[C@@H](NC(=O)Nc3cccc(SC)c3)CN12. The van der Waals surface area contributed by atoms with E-state index >= 15 is 0 Å². The molecule has 0 unspecified atom stereocenters. The summed E-state index contributed by atoms with van der Waals surface area (Å²) < 4.78 is 0. The molecule has 2 aliphatic rings. The average Bonchev–Trinajstić information content (AvgIpc) is 3.16. The van der Waals surface area contributed by atoms with Crippen LogP contribution in [0.25, 0.3) is 0 Å². The molecular weight excluding hydrogens is 402 g/mol. The van der Waals surface area contributed by atoms with E-state index in [9.17, 15) is 14.4 Å². The van der Waals surface area contributed by atoms with Crippen molar-refractivity contribution in [3.63, 3.8) is 0 Å². The number of hydrogen-bond donors (Lipinski definition) is 4. The van der Waals surface area contributed by atoms with E-state index < -0.39 is 0 Å². The van der Waals surface area contributed by atoms with E-state index in [-0.39, 0.29) is 42.5 Å². The molecule has 0 aromatic heterocycles. The van der Waals surface area contributed by atoms with Gasteiger partial charge >= 0.3 is 6.03 Å². The molecule has 2 fully saturated rings. The van der Waals surface area contributed by atoms with Gasteiger partial charge < -0.3 is 21.3 Å². The van der Waals surface area contributed by atoms with Gasteiger partial charge in [0, 0.05) is 42.2 Å². The Morgan fingerprint density at radius 1 is 1.40 bits per heavy atom. The molecule has 160 valence electrons. The molecule has 30 heavy (non-hydrogen) atoms. The number of hydrogen-bond acceptors (Lipinski definition) is 5. The first-order valence-corrected chi connectivity index (χ1v) is 11.2. The first-order valence-electron chi connectivity index (χ1n) is 9.95. The molecule has 4 N–H and O–H groups in total. The molecule has 8 nitrogen and oxygen atoms in total. The molecule has 0 radical (unpaired) electrons. The summed E-state index contributed by atoms with van der Waals surface area (Å²) in [5.41, 5.74) is 0.726. The van der Waals surface area contributed by atoms with Gasteiger partial charge in [0.05, 0.1) is 12.6 Å². The van der Waals surface area contributed by atoms with E-state index in [2.05, 4.69) is 32.1 Å². The Balaban J connectivity index is 1.53. The number of terminal acetylenes is 1. The van der Waals surface area contributed by atoms with Crippen LogP contribution in [0.1, 0.15) is 19.3 Å². The highest BCUT2D eigenvalue weighted by molar-refractivity contribution is 7.98. The summed E-state index contributed by atoms with van der Waals surface area (Å²) in [4.78, 5) is 39.8.